The van der Waals surface area contributed by atoms with Crippen molar-refractivity contribution in [3.8, 4) is 0 Å². The molecule has 3 rings (SSSR count). The van der Waals surface area contributed by atoms with E-state index in [9.17, 15) is 14.4 Å². The fourth-order valence-corrected chi connectivity index (χ4v) is 2.93. The largest absolute Gasteiger partial charge is 0.341 e. The fourth-order valence-electron chi connectivity index (χ4n) is 2.93. The van der Waals surface area contributed by atoms with Gasteiger partial charge in [0, 0.05) is 36.6 Å². The number of amides is 1. The predicted octanol–water partition coefficient (Wildman–Crippen LogP) is 0.325. The van der Waals surface area contributed by atoms with Crippen molar-refractivity contribution in [3.05, 3.63) is 44.5 Å². The molecule has 1 fully saturated rings. The topological polar surface area (TPSA) is 124 Å². The number of hydrogen-bond donors (Lipinski definition) is 3. The van der Waals surface area contributed by atoms with Crippen molar-refractivity contribution in [1.82, 2.24) is 19.9 Å². The molecule has 0 atom stereocenters. The molecule has 1 saturated heterocycles. The van der Waals surface area contributed by atoms with E-state index in [0.717, 1.165) is 11.4 Å². The lowest BCUT2D eigenvalue weighted by molar-refractivity contribution is -0.120. The molecule has 1 aliphatic heterocycles. The van der Waals surface area contributed by atoms with Gasteiger partial charge < -0.3 is 15.2 Å². The Morgan fingerprint density at radius 1 is 1.20 bits per heavy atom. The molecule has 0 radical (unpaired) electrons. The van der Waals surface area contributed by atoms with Crippen LogP contribution in [0.2, 0.25) is 0 Å². The van der Waals surface area contributed by atoms with Crippen LogP contribution in [0.3, 0.4) is 0 Å². The van der Waals surface area contributed by atoms with E-state index < -0.39 is 11.2 Å². The van der Waals surface area contributed by atoms with Crippen LogP contribution in [-0.2, 0) is 4.79 Å². The Bertz CT molecular complexity index is 875. The van der Waals surface area contributed by atoms with Crippen molar-refractivity contribution in [3.63, 3.8) is 0 Å². The van der Waals surface area contributed by atoms with Gasteiger partial charge in [-0.2, -0.15) is 0 Å². The van der Waals surface area contributed by atoms with Gasteiger partial charge in [0.1, 0.15) is 5.69 Å². The van der Waals surface area contributed by atoms with Crippen molar-refractivity contribution in [1.29, 1.82) is 0 Å². The van der Waals surface area contributed by atoms with Crippen LogP contribution in [0.5, 0.6) is 0 Å². The second kappa shape index (κ2) is 6.88. The molecular formula is C16H20N6O3. The number of H-pyrrole nitrogens is 2. The Morgan fingerprint density at radius 2 is 1.84 bits per heavy atom. The highest BCUT2D eigenvalue weighted by atomic mass is 16.2. The van der Waals surface area contributed by atoms with Crippen LogP contribution in [-0.4, -0.2) is 38.9 Å². The summed E-state index contributed by atoms with van der Waals surface area (Å²) in [5.74, 6) is 0.264. The van der Waals surface area contributed by atoms with Gasteiger partial charge in [-0.1, -0.05) is 0 Å². The van der Waals surface area contributed by atoms with E-state index in [1.54, 1.807) is 0 Å². The minimum atomic E-state index is -0.613. The average molecular weight is 344 g/mol. The maximum atomic E-state index is 12.4. The van der Waals surface area contributed by atoms with E-state index in [2.05, 4.69) is 30.2 Å². The zero-order valence-corrected chi connectivity index (χ0v) is 14.1. The smallest absolute Gasteiger partial charge is 0.325 e. The molecule has 1 amide bonds. The molecule has 9 nitrogen and oxygen atoms in total. The molecule has 0 bridgehead atoms. The third-order valence-corrected chi connectivity index (χ3v) is 4.20. The molecule has 0 aromatic carbocycles. The Hall–Kier alpha value is -2.97. The number of rotatable bonds is 3. The number of aryl methyl sites for hydroxylation is 2. The third-order valence-electron chi connectivity index (χ3n) is 4.20. The first-order chi connectivity index (χ1) is 11.9. The molecule has 9 heteroatoms. The maximum Gasteiger partial charge on any atom is 0.325 e. The third kappa shape index (κ3) is 3.93. The minimum Gasteiger partial charge on any atom is -0.341 e. The van der Waals surface area contributed by atoms with Crippen LogP contribution in [0, 0.1) is 19.8 Å². The van der Waals surface area contributed by atoms with Crippen molar-refractivity contribution in [2.24, 2.45) is 5.92 Å². The van der Waals surface area contributed by atoms with Crippen molar-refractivity contribution >= 4 is 17.5 Å². The Labute approximate surface area is 143 Å². The Morgan fingerprint density at radius 3 is 2.44 bits per heavy atom. The van der Waals surface area contributed by atoms with Gasteiger partial charge in [0.25, 0.3) is 5.56 Å². The highest BCUT2D eigenvalue weighted by Crippen LogP contribution is 2.22. The van der Waals surface area contributed by atoms with E-state index in [0.29, 0.717) is 31.9 Å². The molecule has 0 saturated carbocycles. The van der Waals surface area contributed by atoms with Gasteiger partial charge in [-0.15, -0.1) is 0 Å². The van der Waals surface area contributed by atoms with Gasteiger partial charge in [0.15, 0.2) is 0 Å². The molecule has 132 valence electrons. The summed E-state index contributed by atoms with van der Waals surface area (Å²) in [6, 6.07) is 1.92. The number of anilines is 2. The van der Waals surface area contributed by atoms with Crippen LogP contribution in [0.4, 0.5) is 11.6 Å². The van der Waals surface area contributed by atoms with Crippen LogP contribution >= 0.6 is 0 Å². The van der Waals surface area contributed by atoms with Gasteiger partial charge in [0.05, 0.1) is 0 Å². The first-order valence-corrected chi connectivity index (χ1v) is 8.12. The number of aromatic amines is 2. The highest BCUT2D eigenvalue weighted by Gasteiger charge is 2.26. The standard InChI is InChI=1S/C16H20N6O3/c1-9-7-10(2)19-15(18-9)22-5-3-11(4-6-22)13(23)20-12-8-17-16(25)21-14(12)24/h7-8,11H,3-6H2,1-2H3,(H,20,23)(H2,17,21,24,25). The number of piperidine rings is 1. The summed E-state index contributed by atoms with van der Waals surface area (Å²) in [7, 11) is 0. The molecule has 3 heterocycles. The number of carbonyl (C=O) groups is 1. The zero-order valence-electron chi connectivity index (χ0n) is 14.1. The summed E-state index contributed by atoms with van der Waals surface area (Å²) in [5, 5.41) is 2.58. The lowest BCUT2D eigenvalue weighted by Crippen LogP contribution is -2.39. The first-order valence-electron chi connectivity index (χ1n) is 8.12. The molecule has 0 aliphatic carbocycles. The van der Waals surface area contributed by atoms with E-state index >= 15 is 0 Å². The second-order valence-corrected chi connectivity index (χ2v) is 6.19. The SMILES string of the molecule is Cc1cc(C)nc(N2CCC(C(=O)Nc3c[nH]c(=O)[nH]c3=O)CC2)n1. The molecule has 25 heavy (non-hydrogen) atoms. The van der Waals surface area contributed by atoms with E-state index in [-0.39, 0.29) is 17.5 Å². The van der Waals surface area contributed by atoms with Crippen molar-refractivity contribution in [2.75, 3.05) is 23.3 Å². The molecule has 3 N–H and O–H groups in total. The zero-order chi connectivity index (χ0) is 18.0. The van der Waals surface area contributed by atoms with Gasteiger partial charge >= 0.3 is 5.69 Å². The molecule has 1 aliphatic rings. The van der Waals surface area contributed by atoms with Crippen molar-refractivity contribution in [2.45, 2.75) is 26.7 Å². The second-order valence-electron chi connectivity index (χ2n) is 6.19. The van der Waals surface area contributed by atoms with E-state index in [1.807, 2.05) is 19.9 Å². The number of aromatic nitrogens is 4. The van der Waals surface area contributed by atoms with Gasteiger partial charge in [-0.3, -0.25) is 14.6 Å². The molecule has 2 aromatic heterocycles. The van der Waals surface area contributed by atoms with Gasteiger partial charge in [-0.05, 0) is 32.8 Å². The van der Waals surface area contributed by atoms with Crippen LogP contribution < -0.4 is 21.5 Å². The molecule has 0 spiro atoms. The summed E-state index contributed by atoms with van der Waals surface area (Å²) >= 11 is 0. The maximum absolute atomic E-state index is 12.4. The average Bonchev–Trinajstić information content (AvgIpc) is 2.56. The van der Waals surface area contributed by atoms with Crippen LogP contribution in [0.25, 0.3) is 0 Å². The van der Waals surface area contributed by atoms with E-state index in [1.165, 1.54) is 6.20 Å². The van der Waals surface area contributed by atoms with Gasteiger partial charge in [-0.25, -0.2) is 14.8 Å². The molecule has 2 aromatic rings. The normalized spacial score (nSPS) is 15.2. The summed E-state index contributed by atoms with van der Waals surface area (Å²) in [4.78, 5) is 50.4. The number of nitrogens with one attached hydrogen (secondary N) is 3. The van der Waals surface area contributed by atoms with Gasteiger partial charge in [0.2, 0.25) is 11.9 Å². The molecular weight excluding hydrogens is 324 g/mol. The predicted molar refractivity (Wildman–Crippen MR) is 92.8 cm³/mol. The lowest BCUT2D eigenvalue weighted by Gasteiger charge is -2.31. The summed E-state index contributed by atoms with van der Waals surface area (Å²) < 4.78 is 0. The van der Waals surface area contributed by atoms with E-state index in [4.69, 9.17) is 0 Å². The number of nitrogens with zero attached hydrogens (tertiary/aromatic N) is 3. The number of carbonyl (C=O) groups excluding carboxylic acids is 1. The first kappa shape index (κ1) is 16.9. The highest BCUT2D eigenvalue weighted by molar-refractivity contribution is 5.92. The number of hydrogen-bond acceptors (Lipinski definition) is 6. The van der Waals surface area contributed by atoms with Crippen molar-refractivity contribution < 1.29 is 4.79 Å². The Balaban J connectivity index is 1.62. The minimum absolute atomic E-state index is 0.0460. The molecule has 0 unspecified atom stereocenters. The lowest BCUT2D eigenvalue weighted by atomic mass is 9.96. The fraction of sp³-hybridized carbons (Fsp3) is 0.438. The quantitative estimate of drug-likeness (QED) is 0.737. The summed E-state index contributed by atoms with van der Waals surface area (Å²) in [6.07, 6.45) is 2.49. The summed E-state index contributed by atoms with van der Waals surface area (Å²) in [5.41, 5.74) is 0.659. The Kier molecular flexibility index (Phi) is 4.64. The summed E-state index contributed by atoms with van der Waals surface area (Å²) in [6.45, 7) is 5.20. The van der Waals surface area contributed by atoms with Crippen LogP contribution in [0.1, 0.15) is 24.2 Å². The van der Waals surface area contributed by atoms with Crippen LogP contribution in [0.15, 0.2) is 21.9 Å². The monoisotopic (exact) mass is 344 g/mol.